The number of aromatic amines is 1. The van der Waals surface area contributed by atoms with Crippen molar-refractivity contribution < 1.29 is 13.9 Å². The molecule has 0 aliphatic heterocycles. The molecule has 6 heteroatoms. The van der Waals surface area contributed by atoms with E-state index < -0.39 is 0 Å². The molecule has 0 radical (unpaired) electrons. The van der Waals surface area contributed by atoms with Gasteiger partial charge in [-0.15, -0.1) is 0 Å². The van der Waals surface area contributed by atoms with Crippen LogP contribution in [0.3, 0.4) is 0 Å². The summed E-state index contributed by atoms with van der Waals surface area (Å²) < 4.78 is 24.0. The summed E-state index contributed by atoms with van der Waals surface area (Å²) in [6, 6.07) is 15.3. The molecule has 0 bridgehead atoms. The number of fused-ring (bicyclic) bond motifs is 1. The highest BCUT2D eigenvalue weighted by molar-refractivity contribution is 6.32. The number of aromatic nitrogens is 1. The van der Waals surface area contributed by atoms with Gasteiger partial charge in [0, 0.05) is 34.3 Å². The Morgan fingerprint density at radius 3 is 2.23 bits per heavy atom. The number of aryl methyl sites for hydroxylation is 1. The molecule has 4 aromatic rings. The van der Waals surface area contributed by atoms with Crippen LogP contribution in [0.5, 0.6) is 11.5 Å². The van der Waals surface area contributed by atoms with Gasteiger partial charge in [0.1, 0.15) is 17.3 Å². The molecule has 4 rings (SSSR count). The first-order chi connectivity index (χ1) is 14.4. The van der Waals surface area contributed by atoms with Gasteiger partial charge in [0.05, 0.1) is 24.8 Å². The molecule has 1 N–H and O–H groups in total. The van der Waals surface area contributed by atoms with E-state index in [9.17, 15) is 9.18 Å². The summed E-state index contributed by atoms with van der Waals surface area (Å²) in [5.41, 5.74) is 4.26. The Labute approximate surface area is 177 Å². The van der Waals surface area contributed by atoms with Crippen molar-refractivity contribution in [2.45, 2.75) is 6.92 Å². The quantitative estimate of drug-likeness (QED) is 0.439. The Kier molecular flexibility index (Phi) is 5.22. The van der Waals surface area contributed by atoms with Crippen LogP contribution in [0.15, 0.2) is 59.4 Å². The minimum Gasteiger partial charge on any atom is -0.496 e. The summed E-state index contributed by atoms with van der Waals surface area (Å²) in [6.45, 7) is 1.86. The van der Waals surface area contributed by atoms with Gasteiger partial charge in [0.15, 0.2) is 5.43 Å². The monoisotopic (exact) mass is 423 g/mol. The molecule has 0 saturated heterocycles. The Hall–Kier alpha value is -3.31. The van der Waals surface area contributed by atoms with Crippen LogP contribution in [0.4, 0.5) is 4.39 Å². The molecular formula is C24H19ClFNO3. The zero-order chi connectivity index (χ0) is 21.4. The second-order valence-electron chi connectivity index (χ2n) is 6.91. The molecule has 0 atom stereocenters. The topological polar surface area (TPSA) is 51.3 Å². The summed E-state index contributed by atoms with van der Waals surface area (Å²) in [6.07, 6.45) is 0. The van der Waals surface area contributed by atoms with Crippen molar-refractivity contribution >= 4 is 22.5 Å². The van der Waals surface area contributed by atoms with Gasteiger partial charge < -0.3 is 14.5 Å². The lowest BCUT2D eigenvalue weighted by Gasteiger charge is -2.12. The van der Waals surface area contributed by atoms with E-state index in [0.717, 1.165) is 22.4 Å². The van der Waals surface area contributed by atoms with E-state index in [2.05, 4.69) is 4.98 Å². The van der Waals surface area contributed by atoms with Gasteiger partial charge in [-0.25, -0.2) is 4.39 Å². The fraction of sp³-hybridized carbons (Fsp3) is 0.125. The molecule has 0 amide bonds. The van der Waals surface area contributed by atoms with Gasteiger partial charge in [-0.1, -0.05) is 35.9 Å². The minimum atomic E-state index is -0.360. The van der Waals surface area contributed by atoms with Crippen molar-refractivity contribution in [3.63, 3.8) is 0 Å². The molecule has 0 saturated carbocycles. The van der Waals surface area contributed by atoms with Crippen LogP contribution in [0, 0.1) is 12.7 Å². The largest absolute Gasteiger partial charge is 0.496 e. The summed E-state index contributed by atoms with van der Waals surface area (Å²) in [4.78, 5) is 16.5. The van der Waals surface area contributed by atoms with E-state index in [4.69, 9.17) is 21.1 Å². The lowest BCUT2D eigenvalue weighted by atomic mass is 9.97. The second-order valence-corrected chi connectivity index (χ2v) is 7.32. The fourth-order valence-electron chi connectivity index (χ4n) is 3.64. The van der Waals surface area contributed by atoms with Gasteiger partial charge in [-0.05, 0) is 36.2 Å². The molecule has 1 heterocycles. The SMILES string of the molecule is COc1cc2[nH]c(C)c(-c3ccc(-c4ccc(F)cc4OC)cc3)c(=O)c2cc1Cl. The third-order valence-corrected chi connectivity index (χ3v) is 5.40. The lowest BCUT2D eigenvalue weighted by molar-refractivity contribution is 0.413. The number of hydrogen-bond donors (Lipinski definition) is 1. The molecular weight excluding hydrogens is 405 g/mol. The number of ether oxygens (including phenoxy) is 2. The van der Waals surface area contributed by atoms with Crippen LogP contribution >= 0.6 is 11.6 Å². The van der Waals surface area contributed by atoms with Crippen LogP contribution in [0.25, 0.3) is 33.2 Å². The number of rotatable bonds is 4. The minimum absolute atomic E-state index is 0.113. The number of methoxy groups -OCH3 is 2. The normalized spacial score (nSPS) is 11.0. The Morgan fingerprint density at radius 2 is 1.57 bits per heavy atom. The standard InChI is InChI=1S/C24H19ClFNO3/c1-13-23(24(28)18-11-19(25)22(30-3)12-20(18)27-13)15-6-4-14(5-7-15)17-9-8-16(26)10-21(17)29-2/h4-12H,1-3H3,(H,27,28). The maximum absolute atomic E-state index is 13.5. The van der Waals surface area contributed by atoms with Crippen molar-refractivity contribution in [2.24, 2.45) is 0 Å². The van der Waals surface area contributed by atoms with E-state index in [-0.39, 0.29) is 11.2 Å². The van der Waals surface area contributed by atoms with E-state index in [1.165, 1.54) is 26.4 Å². The van der Waals surface area contributed by atoms with Crippen molar-refractivity contribution in [3.8, 4) is 33.8 Å². The Bertz CT molecular complexity index is 1310. The van der Waals surface area contributed by atoms with Gasteiger partial charge in [0.2, 0.25) is 0 Å². The van der Waals surface area contributed by atoms with Crippen LogP contribution in [-0.4, -0.2) is 19.2 Å². The second kappa shape index (κ2) is 7.84. The van der Waals surface area contributed by atoms with Crippen molar-refractivity contribution in [2.75, 3.05) is 14.2 Å². The number of nitrogens with one attached hydrogen (secondary N) is 1. The van der Waals surface area contributed by atoms with Gasteiger partial charge >= 0.3 is 0 Å². The Balaban J connectivity index is 1.82. The Morgan fingerprint density at radius 1 is 0.900 bits per heavy atom. The lowest BCUT2D eigenvalue weighted by Crippen LogP contribution is -2.10. The highest BCUT2D eigenvalue weighted by Gasteiger charge is 2.15. The van der Waals surface area contributed by atoms with Crippen LogP contribution in [0.2, 0.25) is 5.02 Å². The molecule has 0 fully saturated rings. The number of H-pyrrole nitrogens is 1. The van der Waals surface area contributed by atoms with Crippen LogP contribution in [0.1, 0.15) is 5.69 Å². The zero-order valence-electron chi connectivity index (χ0n) is 16.7. The first kappa shape index (κ1) is 20.0. The molecule has 0 aliphatic rings. The number of hydrogen-bond acceptors (Lipinski definition) is 3. The highest BCUT2D eigenvalue weighted by atomic mass is 35.5. The summed E-state index contributed by atoms with van der Waals surface area (Å²) in [5.74, 6) is 0.594. The predicted octanol–water partition coefficient (Wildman–Crippen LogP) is 5.98. The van der Waals surface area contributed by atoms with Crippen molar-refractivity contribution in [1.29, 1.82) is 0 Å². The van der Waals surface area contributed by atoms with Crippen molar-refractivity contribution in [1.82, 2.24) is 4.98 Å². The highest BCUT2D eigenvalue weighted by Crippen LogP contribution is 2.33. The fourth-order valence-corrected chi connectivity index (χ4v) is 3.88. The predicted molar refractivity (Wildman–Crippen MR) is 118 cm³/mol. The van der Waals surface area contributed by atoms with E-state index in [1.807, 2.05) is 31.2 Å². The first-order valence-corrected chi connectivity index (χ1v) is 9.65. The van der Waals surface area contributed by atoms with E-state index in [0.29, 0.717) is 33.0 Å². The average molecular weight is 424 g/mol. The summed E-state index contributed by atoms with van der Waals surface area (Å²) >= 11 is 6.23. The maximum atomic E-state index is 13.5. The molecule has 30 heavy (non-hydrogen) atoms. The van der Waals surface area contributed by atoms with Gasteiger partial charge in [-0.3, -0.25) is 4.79 Å². The molecule has 0 aliphatic carbocycles. The van der Waals surface area contributed by atoms with Crippen molar-refractivity contribution in [3.05, 3.63) is 81.4 Å². The third-order valence-electron chi connectivity index (χ3n) is 5.11. The van der Waals surface area contributed by atoms with Crippen LogP contribution in [-0.2, 0) is 0 Å². The molecule has 152 valence electrons. The molecule has 0 spiro atoms. The summed E-state index contributed by atoms with van der Waals surface area (Å²) in [5, 5.41) is 0.870. The van der Waals surface area contributed by atoms with E-state index in [1.54, 1.807) is 18.2 Å². The maximum Gasteiger partial charge on any atom is 0.197 e. The van der Waals surface area contributed by atoms with Crippen LogP contribution < -0.4 is 14.9 Å². The molecule has 3 aromatic carbocycles. The van der Waals surface area contributed by atoms with Gasteiger partial charge in [0.25, 0.3) is 0 Å². The average Bonchev–Trinajstić information content (AvgIpc) is 2.74. The summed E-state index contributed by atoms with van der Waals surface area (Å²) in [7, 11) is 3.04. The molecule has 0 unspecified atom stereocenters. The molecule has 4 nitrogen and oxygen atoms in total. The third kappa shape index (κ3) is 3.42. The number of benzene rings is 3. The van der Waals surface area contributed by atoms with Gasteiger partial charge in [-0.2, -0.15) is 0 Å². The number of halogens is 2. The first-order valence-electron chi connectivity index (χ1n) is 9.27. The number of pyridine rings is 1. The molecule has 1 aromatic heterocycles. The zero-order valence-corrected chi connectivity index (χ0v) is 17.4. The van der Waals surface area contributed by atoms with E-state index >= 15 is 0 Å². The smallest absolute Gasteiger partial charge is 0.197 e.